The highest BCUT2D eigenvalue weighted by atomic mass is 32.1. The van der Waals surface area contributed by atoms with E-state index in [1.807, 2.05) is 52.7 Å². The van der Waals surface area contributed by atoms with E-state index in [2.05, 4.69) is 4.90 Å². The molecule has 4 rings (SSSR count). The van der Waals surface area contributed by atoms with E-state index in [4.69, 9.17) is 22.1 Å². The van der Waals surface area contributed by atoms with Crippen molar-refractivity contribution >= 4 is 17.9 Å². The molecule has 2 aromatic carbocycles. The summed E-state index contributed by atoms with van der Waals surface area (Å²) in [6, 6.07) is 14.6. The first-order valence-electron chi connectivity index (χ1n) is 9.67. The van der Waals surface area contributed by atoms with E-state index in [1.165, 1.54) is 17.0 Å². The van der Waals surface area contributed by atoms with Gasteiger partial charge in [-0.05, 0) is 60.7 Å². The smallest absolute Gasteiger partial charge is 0.202 e. The number of hydrogen-bond donors (Lipinski definition) is 1. The van der Waals surface area contributed by atoms with E-state index in [1.54, 1.807) is 7.11 Å². The van der Waals surface area contributed by atoms with Crippen LogP contribution in [-0.4, -0.2) is 47.6 Å². The third-order valence-corrected chi connectivity index (χ3v) is 5.91. The predicted molar refractivity (Wildman–Crippen MR) is 113 cm³/mol. The van der Waals surface area contributed by atoms with Gasteiger partial charge in [0.1, 0.15) is 11.6 Å². The van der Waals surface area contributed by atoms with Crippen LogP contribution in [0.2, 0.25) is 0 Å². The van der Waals surface area contributed by atoms with Gasteiger partial charge in [0.25, 0.3) is 0 Å². The van der Waals surface area contributed by atoms with Gasteiger partial charge in [-0.2, -0.15) is 4.68 Å². The average molecular weight is 415 g/mol. The van der Waals surface area contributed by atoms with E-state index in [0.717, 1.165) is 55.7 Å². The quantitative estimate of drug-likeness (QED) is 0.650. The number of piperazine rings is 1. The summed E-state index contributed by atoms with van der Waals surface area (Å²) in [4.78, 5) is 3.72. The molecular weight excluding hydrogens is 389 g/mol. The zero-order valence-corrected chi connectivity index (χ0v) is 17.5. The van der Waals surface area contributed by atoms with Gasteiger partial charge in [-0.15, -0.1) is 5.10 Å². The summed E-state index contributed by atoms with van der Waals surface area (Å²) in [5.74, 6) is 1.47. The average Bonchev–Trinajstić information content (AvgIpc) is 3.03. The van der Waals surface area contributed by atoms with Crippen LogP contribution in [0.25, 0.3) is 11.4 Å². The second-order valence-corrected chi connectivity index (χ2v) is 7.63. The summed E-state index contributed by atoms with van der Waals surface area (Å²) in [6.07, 6.45) is 0. The fourth-order valence-electron chi connectivity index (χ4n) is 3.69. The number of benzene rings is 2. The second kappa shape index (κ2) is 8.34. The van der Waals surface area contributed by atoms with Crippen molar-refractivity contribution in [3.8, 4) is 17.1 Å². The van der Waals surface area contributed by atoms with E-state index in [-0.39, 0.29) is 5.82 Å². The van der Waals surface area contributed by atoms with Crippen LogP contribution in [0, 0.1) is 10.6 Å². The molecule has 0 spiro atoms. The summed E-state index contributed by atoms with van der Waals surface area (Å²) in [5, 5.41) is 4.77. The van der Waals surface area contributed by atoms with Crippen molar-refractivity contribution in [1.29, 1.82) is 0 Å². The molecule has 6 nitrogen and oxygen atoms in total. The highest BCUT2D eigenvalue weighted by molar-refractivity contribution is 7.71. The number of ether oxygens (including phenoxy) is 1. The van der Waals surface area contributed by atoms with Crippen LogP contribution in [0.1, 0.15) is 0 Å². The van der Waals surface area contributed by atoms with E-state index < -0.39 is 0 Å². The summed E-state index contributed by atoms with van der Waals surface area (Å²) in [6.45, 7) is 4.54. The molecule has 0 aliphatic carbocycles. The summed E-state index contributed by atoms with van der Waals surface area (Å²) in [7, 11) is 3.61. The molecule has 0 bridgehead atoms. The topological polar surface area (TPSA) is 39.7 Å². The lowest BCUT2D eigenvalue weighted by Crippen LogP contribution is -3.14. The first-order valence-corrected chi connectivity index (χ1v) is 10.1. The number of hydrogen-bond acceptors (Lipinski definition) is 4. The van der Waals surface area contributed by atoms with Gasteiger partial charge in [-0.3, -0.25) is 0 Å². The normalized spacial score (nSPS) is 14.9. The monoisotopic (exact) mass is 414 g/mol. The van der Waals surface area contributed by atoms with Crippen LogP contribution in [0.15, 0.2) is 48.5 Å². The molecule has 1 aliphatic rings. The lowest BCUT2D eigenvalue weighted by atomic mass is 10.2. The van der Waals surface area contributed by atoms with Crippen molar-refractivity contribution in [3.05, 3.63) is 59.1 Å². The summed E-state index contributed by atoms with van der Waals surface area (Å²) >= 11 is 5.62. The highest BCUT2D eigenvalue weighted by Crippen LogP contribution is 2.20. The number of quaternary nitrogens is 1. The van der Waals surface area contributed by atoms with Gasteiger partial charge in [0, 0.05) is 18.3 Å². The minimum Gasteiger partial charge on any atom is -0.497 e. The van der Waals surface area contributed by atoms with Crippen LogP contribution >= 0.6 is 12.2 Å². The van der Waals surface area contributed by atoms with Crippen molar-refractivity contribution in [1.82, 2.24) is 14.3 Å². The molecular formula is C21H25FN5OS+. The summed E-state index contributed by atoms with van der Waals surface area (Å²) < 4.78 is 22.9. The number of methoxy groups -OCH3 is 1. The van der Waals surface area contributed by atoms with Crippen molar-refractivity contribution in [3.63, 3.8) is 0 Å². The van der Waals surface area contributed by atoms with E-state index >= 15 is 0 Å². The van der Waals surface area contributed by atoms with Crippen molar-refractivity contribution in [2.45, 2.75) is 6.67 Å². The molecule has 0 saturated carbocycles. The third kappa shape index (κ3) is 4.18. The molecule has 0 atom stereocenters. The van der Waals surface area contributed by atoms with Crippen molar-refractivity contribution in [2.75, 3.05) is 38.2 Å². The number of nitrogens with one attached hydrogen (secondary N) is 1. The third-order valence-electron chi connectivity index (χ3n) is 5.42. The minimum atomic E-state index is -0.199. The van der Waals surface area contributed by atoms with E-state index in [9.17, 15) is 4.39 Å². The fraction of sp³-hybridized carbons (Fsp3) is 0.333. The molecule has 1 N–H and O–H groups in total. The van der Waals surface area contributed by atoms with Gasteiger partial charge < -0.3 is 19.1 Å². The Kier molecular flexibility index (Phi) is 5.64. The Morgan fingerprint density at radius 3 is 2.34 bits per heavy atom. The molecule has 1 fully saturated rings. The molecule has 8 heteroatoms. The SMILES string of the molecule is COc1ccc(-c2nn(C[NH+]3CCN(c4ccc(F)cc4)CC3)c(=S)n2C)cc1. The fourth-order valence-corrected chi connectivity index (χ4v) is 3.88. The Hall–Kier alpha value is -2.71. The zero-order chi connectivity index (χ0) is 20.4. The van der Waals surface area contributed by atoms with Gasteiger partial charge in [0.05, 0.1) is 33.3 Å². The molecule has 29 heavy (non-hydrogen) atoms. The standard InChI is InChI=1S/C21H24FN5OS/c1-24-20(16-3-9-19(28-2)10-4-16)23-27(21(24)29)15-25-11-13-26(14-12-25)18-7-5-17(22)6-8-18/h3-10H,11-15H2,1-2H3/p+1. The number of nitrogens with zero attached hydrogens (tertiary/aromatic N) is 4. The van der Waals surface area contributed by atoms with Crippen LogP contribution in [0.5, 0.6) is 5.75 Å². The predicted octanol–water partition coefficient (Wildman–Crippen LogP) is 2.13. The maximum atomic E-state index is 13.1. The molecule has 1 aromatic heterocycles. The molecule has 152 valence electrons. The molecule has 0 amide bonds. The van der Waals surface area contributed by atoms with Gasteiger partial charge in [-0.25, -0.2) is 4.39 Å². The highest BCUT2D eigenvalue weighted by Gasteiger charge is 2.22. The van der Waals surface area contributed by atoms with Crippen molar-refractivity contribution < 1.29 is 14.0 Å². The maximum absolute atomic E-state index is 13.1. The van der Waals surface area contributed by atoms with Gasteiger partial charge in [-0.1, -0.05) is 0 Å². The first-order chi connectivity index (χ1) is 14.0. The Morgan fingerprint density at radius 2 is 1.72 bits per heavy atom. The lowest BCUT2D eigenvalue weighted by Gasteiger charge is -2.33. The molecule has 1 aliphatic heterocycles. The zero-order valence-electron chi connectivity index (χ0n) is 16.6. The molecule has 3 aromatic rings. The van der Waals surface area contributed by atoms with Crippen LogP contribution in [0.4, 0.5) is 10.1 Å². The second-order valence-electron chi connectivity index (χ2n) is 7.26. The van der Waals surface area contributed by atoms with Crippen LogP contribution in [0.3, 0.4) is 0 Å². The molecule has 1 saturated heterocycles. The molecule has 0 unspecified atom stereocenters. The van der Waals surface area contributed by atoms with Crippen LogP contribution in [-0.2, 0) is 13.7 Å². The first kappa shape index (κ1) is 19.6. The number of halogens is 1. The summed E-state index contributed by atoms with van der Waals surface area (Å²) in [5.41, 5.74) is 2.08. The Morgan fingerprint density at radius 1 is 1.07 bits per heavy atom. The largest absolute Gasteiger partial charge is 0.497 e. The van der Waals surface area contributed by atoms with Gasteiger partial charge in [0.15, 0.2) is 12.5 Å². The lowest BCUT2D eigenvalue weighted by molar-refractivity contribution is -0.924. The molecule has 2 heterocycles. The maximum Gasteiger partial charge on any atom is 0.202 e. The van der Waals surface area contributed by atoms with Crippen molar-refractivity contribution in [2.24, 2.45) is 7.05 Å². The number of rotatable bonds is 5. The Labute approximate surface area is 174 Å². The van der Waals surface area contributed by atoms with Gasteiger partial charge >= 0.3 is 0 Å². The Balaban J connectivity index is 1.43. The Bertz CT molecular complexity index is 1020. The minimum absolute atomic E-state index is 0.199. The number of anilines is 1. The van der Waals surface area contributed by atoms with Crippen LogP contribution < -0.4 is 14.5 Å². The van der Waals surface area contributed by atoms with E-state index in [0.29, 0.717) is 4.77 Å². The molecule has 0 radical (unpaired) electrons. The van der Waals surface area contributed by atoms with Gasteiger partial charge in [0.2, 0.25) is 4.77 Å². The number of aromatic nitrogens is 3.